The van der Waals surface area contributed by atoms with Crippen LogP contribution in [0.4, 0.5) is 0 Å². The van der Waals surface area contributed by atoms with Gasteiger partial charge in [-0.3, -0.25) is 14.4 Å². The molecule has 0 spiro atoms. The Bertz CT molecular complexity index is 421. The Hall–Kier alpha value is -0.540. The van der Waals surface area contributed by atoms with E-state index in [2.05, 4.69) is 37.9 Å². The predicted molar refractivity (Wildman–Crippen MR) is 115 cm³/mol. The first-order valence-electron chi connectivity index (χ1n) is 8.98. The average molecular weight is 441 g/mol. The quantitative estimate of drug-likeness (QED) is 0.232. The Labute approximate surface area is 178 Å². The first-order chi connectivity index (χ1) is 12.7. The highest BCUT2D eigenvalue weighted by Crippen LogP contribution is 2.26. The molecule has 0 bridgehead atoms. The molecular weight excluding hydrogens is 408 g/mol. The van der Waals surface area contributed by atoms with Crippen molar-refractivity contribution in [3.05, 3.63) is 0 Å². The van der Waals surface area contributed by atoms with Gasteiger partial charge in [0.2, 0.25) is 0 Å². The molecule has 0 N–H and O–H groups in total. The largest absolute Gasteiger partial charge is 0.465 e. The summed E-state index contributed by atoms with van der Waals surface area (Å²) >= 11 is 12.3. The van der Waals surface area contributed by atoms with Crippen LogP contribution in [0.2, 0.25) is 0 Å². The van der Waals surface area contributed by atoms with Crippen LogP contribution in [0.5, 0.6) is 0 Å². The van der Waals surface area contributed by atoms with Crippen LogP contribution in [0.25, 0.3) is 0 Å². The second kappa shape index (κ2) is 13.6. The second-order valence-corrected chi connectivity index (χ2v) is 8.02. The molecule has 3 atom stereocenters. The van der Waals surface area contributed by atoms with Crippen molar-refractivity contribution in [3.8, 4) is 0 Å². The summed E-state index contributed by atoms with van der Waals surface area (Å²) in [5.74, 6) is -1.18. The highest BCUT2D eigenvalue weighted by atomic mass is 32.1. The Morgan fingerprint density at radius 1 is 0.704 bits per heavy atom. The van der Waals surface area contributed by atoms with Crippen molar-refractivity contribution in [2.45, 2.75) is 34.1 Å². The molecule has 0 fully saturated rings. The first-order valence-corrected chi connectivity index (χ1v) is 10.9. The standard InChI is InChI=1S/C18H32O6S3/c1-5-18(9-22-15(19)12(2)6-25,10-23-16(20)13(3)7-26)11-24-17(21)14(4)8-27/h12-14,25-27H,5-11H2,1-4H3. The highest BCUT2D eigenvalue weighted by Gasteiger charge is 2.35. The maximum atomic E-state index is 12.0. The van der Waals surface area contributed by atoms with Gasteiger partial charge in [0.25, 0.3) is 0 Å². The number of esters is 3. The van der Waals surface area contributed by atoms with Crippen LogP contribution >= 0.6 is 37.9 Å². The number of carbonyl (C=O) groups is 3. The summed E-state index contributed by atoms with van der Waals surface area (Å²) in [7, 11) is 0. The van der Waals surface area contributed by atoms with Crippen molar-refractivity contribution in [2.75, 3.05) is 37.1 Å². The summed E-state index contributed by atoms with van der Waals surface area (Å²) in [5, 5.41) is 0. The maximum absolute atomic E-state index is 12.0. The topological polar surface area (TPSA) is 78.9 Å². The van der Waals surface area contributed by atoms with Gasteiger partial charge in [-0.05, 0) is 6.42 Å². The van der Waals surface area contributed by atoms with Crippen molar-refractivity contribution in [1.29, 1.82) is 0 Å². The number of rotatable bonds is 13. The minimum absolute atomic E-state index is 0.0223. The second-order valence-electron chi connectivity index (χ2n) is 6.93. The molecule has 0 amide bonds. The normalized spacial score (nSPS) is 16.6. The molecule has 9 heteroatoms. The molecule has 0 aliphatic rings. The molecule has 0 aromatic carbocycles. The van der Waals surface area contributed by atoms with Crippen LogP contribution in [0.3, 0.4) is 0 Å². The van der Waals surface area contributed by atoms with Gasteiger partial charge in [-0.25, -0.2) is 0 Å². The minimum Gasteiger partial charge on any atom is -0.465 e. The molecule has 0 rings (SSSR count). The maximum Gasteiger partial charge on any atom is 0.309 e. The van der Waals surface area contributed by atoms with Crippen LogP contribution in [0.15, 0.2) is 0 Å². The third-order valence-electron chi connectivity index (χ3n) is 4.34. The fourth-order valence-electron chi connectivity index (χ4n) is 1.75. The molecule has 6 nitrogen and oxygen atoms in total. The molecule has 3 unspecified atom stereocenters. The molecule has 0 aliphatic carbocycles. The lowest BCUT2D eigenvalue weighted by Crippen LogP contribution is -2.40. The number of hydrogen-bond acceptors (Lipinski definition) is 9. The molecule has 0 radical (unpaired) electrons. The van der Waals surface area contributed by atoms with E-state index in [1.165, 1.54) is 0 Å². The molecule has 0 aromatic heterocycles. The summed E-state index contributed by atoms with van der Waals surface area (Å²) in [6, 6.07) is 0. The van der Waals surface area contributed by atoms with Crippen LogP contribution in [0, 0.1) is 23.2 Å². The van der Waals surface area contributed by atoms with E-state index in [-0.39, 0.29) is 37.6 Å². The fraction of sp³-hybridized carbons (Fsp3) is 0.833. The number of hydrogen-bond donors (Lipinski definition) is 3. The lowest BCUT2D eigenvalue weighted by molar-refractivity contribution is -0.166. The molecule has 0 aliphatic heterocycles. The van der Waals surface area contributed by atoms with Gasteiger partial charge >= 0.3 is 17.9 Å². The van der Waals surface area contributed by atoms with Crippen molar-refractivity contribution >= 4 is 55.8 Å². The third kappa shape index (κ3) is 9.47. The Kier molecular flexibility index (Phi) is 13.3. The molecule has 0 saturated heterocycles. The molecular formula is C18H32O6S3. The van der Waals surface area contributed by atoms with E-state index < -0.39 is 23.3 Å². The Morgan fingerprint density at radius 3 is 1.15 bits per heavy atom. The van der Waals surface area contributed by atoms with Gasteiger partial charge < -0.3 is 14.2 Å². The molecule has 0 saturated carbocycles. The van der Waals surface area contributed by atoms with E-state index in [1.807, 2.05) is 6.92 Å². The SMILES string of the molecule is CCC(COC(=O)C(C)CS)(COC(=O)C(C)CS)COC(=O)C(C)CS. The van der Waals surface area contributed by atoms with Gasteiger partial charge in [0.15, 0.2) is 0 Å². The first kappa shape index (κ1) is 26.5. The summed E-state index contributed by atoms with van der Waals surface area (Å²) in [6.45, 7) is 6.94. The van der Waals surface area contributed by atoms with Gasteiger partial charge in [-0.15, -0.1) is 0 Å². The summed E-state index contributed by atoms with van der Waals surface area (Å²) in [6.07, 6.45) is 0.487. The third-order valence-corrected chi connectivity index (χ3v) is 5.98. The molecule has 158 valence electrons. The lowest BCUT2D eigenvalue weighted by atomic mass is 9.87. The van der Waals surface area contributed by atoms with Crippen molar-refractivity contribution < 1.29 is 28.6 Å². The Balaban J connectivity index is 5.14. The molecule has 0 aromatic rings. The van der Waals surface area contributed by atoms with E-state index in [4.69, 9.17) is 14.2 Å². The lowest BCUT2D eigenvalue weighted by Gasteiger charge is -2.32. The van der Waals surface area contributed by atoms with E-state index in [9.17, 15) is 14.4 Å². The minimum atomic E-state index is -0.816. The molecule has 27 heavy (non-hydrogen) atoms. The highest BCUT2D eigenvalue weighted by molar-refractivity contribution is 7.80. The zero-order valence-electron chi connectivity index (χ0n) is 16.5. The zero-order chi connectivity index (χ0) is 21.0. The van der Waals surface area contributed by atoms with Crippen LogP contribution in [-0.4, -0.2) is 55.0 Å². The van der Waals surface area contributed by atoms with Gasteiger partial charge in [-0.2, -0.15) is 37.9 Å². The number of ether oxygens (including phenoxy) is 3. The number of carbonyl (C=O) groups excluding carboxylic acids is 3. The van der Waals surface area contributed by atoms with E-state index in [1.54, 1.807) is 20.8 Å². The fourth-order valence-corrected chi connectivity index (χ4v) is 2.20. The number of thiol groups is 3. The summed E-state index contributed by atoms with van der Waals surface area (Å²) in [4.78, 5) is 36.0. The zero-order valence-corrected chi connectivity index (χ0v) is 19.2. The summed E-state index contributed by atoms with van der Waals surface area (Å²) < 4.78 is 16.2. The van der Waals surface area contributed by atoms with Crippen LogP contribution in [-0.2, 0) is 28.6 Å². The van der Waals surface area contributed by atoms with Crippen molar-refractivity contribution in [3.63, 3.8) is 0 Å². The van der Waals surface area contributed by atoms with E-state index in [0.29, 0.717) is 23.7 Å². The van der Waals surface area contributed by atoms with Gasteiger partial charge in [0, 0.05) is 17.3 Å². The van der Waals surface area contributed by atoms with E-state index in [0.717, 1.165) is 0 Å². The smallest absolute Gasteiger partial charge is 0.309 e. The van der Waals surface area contributed by atoms with Gasteiger partial charge in [-0.1, -0.05) is 27.7 Å². The van der Waals surface area contributed by atoms with Crippen LogP contribution < -0.4 is 0 Å². The van der Waals surface area contributed by atoms with Gasteiger partial charge in [0.05, 0.1) is 23.2 Å². The Morgan fingerprint density at radius 2 is 0.963 bits per heavy atom. The molecule has 0 heterocycles. The summed E-state index contributed by atoms with van der Waals surface area (Å²) in [5.41, 5.74) is -0.816. The van der Waals surface area contributed by atoms with Crippen molar-refractivity contribution in [2.24, 2.45) is 23.2 Å². The van der Waals surface area contributed by atoms with Gasteiger partial charge in [0.1, 0.15) is 19.8 Å². The monoisotopic (exact) mass is 440 g/mol. The average Bonchev–Trinajstić information content (AvgIpc) is 2.70. The van der Waals surface area contributed by atoms with Crippen LogP contribution in [0.1, 0.15) is 34.1 Å². The van der Waals surface area contributed by atoms with E-state index >= 15 is 0 Å². The predicted octanol–water partition coefficient (Wildman–Crippen LogP) is 2.71. The van der Waals surface area contributed by atoms with Crippen molar-refractivity contribution in [1.82, 2.24) is 0 Å².